The molecule has 4 rings (SSSR count). The van der Waals surface area contributed by atoms with Crippen LogP contribution in [0.3, 0.4) is 0 Å². The van der Waals surface area contributed by atoms with Crippen molar-refractivity contribution in [2.45, 2.75) is 44.9 Å². The first-order valence-corrected chi connectivity index (χ1v) is 10.8. The largest absolute Gasteiger partial charge is 0.495 e. The SMILES string of the molecule is COc1cccc2c1N(CC(=O)Nc1sc3c(c1C#N)CCCCC3)CCC2. The second-order valence-electron chi connectivity index (χ2n) is 7.42. The standard InChI is InChI=1S/C22H25N3O2S/c1-27-18-10-5-7-15-8-6-12-25(21(15)18)14-20(26)24-22-17(13-23)16-9-3-2-4-11-19(16)28-22/h5,7,10H,2-4,6,8-9,11-12,14H2,1H3,(H,24,26). The number of anilines is 2. The Labute approximate surface area is 169 Å². The van der Waals surface area contributed by atoms with Gasteiger partial charge in [-0.05, 0) is 55.7 Å². The molecule has 5 nitrogen and oxygen atoms in total. The molecule has 6 heteroatoms. The average molecular weight is 396 g/mol. The van der Waals surface area contributed by atoms with Crippen LogP contribution in [-0.2, 0) is 24.1 Å². The van der Waals surface area contributed by atoms with Gasteiger partial charge < -0.3 is 15.0 Å². The number of carbonyl (C=O) groups is 1. The maximum absolute atomic E-state index is 12.8. The molecule has 0 fully saturated rings. The minimum Gasteiger partial charge on any atom is -0.495 e. The quantitative estimate of drug-likeness (QED) is 0.785. The van der Waals surface area contributed by atoms with E-state index in [0.29, 0.717) is 5.56 Å². The molecule has 146 valence electrons. The number of methoxy groups -OCH3 is 1. The van der Waals surface area contributed by atoms with Crippen LogP contribution < -0.4 is 15.0 Å². The van der Waals surface area contributed by atoms with Crippen molar-refractivity contribution >= 4 is 27.9 Å². The highest BCUT2D eigenvalue weighted by molar-refractivity contribution is 7.16. The van der Waals surface area contributed by atoms with Crippen LogP contribution in [0.1, 0.15) is 47.3 Å². The highest BCUT2D eigenvalue weighted by atomic mass is 32.1. The number of hydrogen-bond donors (Lipinski definition) is 1. The summed E-state index contributed by atoms with van der Waals surface area (Å²) >= 11 is 1.59. The third-order valence-electron chi connectivity index (χ3n) is 5.61. The number of rotatable bonds is 4. The van der Waals surface area contributed by atoms with Gasteiger partial charge in [0.25, 0.3) is 0 Å². The molecule has 0 bridgehead atoms. The maximum atomic E-state index is 12.8. The number of benzene rings is 1. The van der Waals surface area contributed by atoms with Crippen molar-refractivity contribution in [1.29, 1.82) is 5.26 Å². The lowest BCUT2D eigenvalue weighted by molar-refractivity contribution is -0.115. The highest BCUT2D eigenvalue weighted by Crippen LogP contribution is 2.38. The fourth-order valence-corrected chi connectivity index (χ4v) is 5.57. The van der Waals surface area contributed by atoms with Gasteiger partial charge in [0, 0.05) is 11.4 Å². The monoisotopic (exact) mass is 395 g/mol. The van der Waals surface area contributed by atoms with Crippen LogP contribution >= 0.6 is 11.3 Å². The van der Waals surface area contributed by atoms with Crippen molar-refractivity contribution in [1.82, 2.24) is 0 Å². The lowest BCUT2D eigenvalue weighted by Crippen LogP contribution is -2.37. The molecule has 0 atom stereocenters. The predicted molar refractivity (Wildman–Crippen MR) is 112 cm³/mol. The number of aryl methyl sites for hydroxylation is 2. The average Bonchev–Trinajstić information content (AvgIpc) is 2.86. The number of para-hydroxylation sites is 1. The molecule has 1 amide bonds. The molecular formula is C22H25N3O2S. The lowest BCUT2D eigenvalue weighted by Gasteiger charge is -2.32. The second kappa shape index (κ2) is 8.24. The summed E-state index contributed by atoms with van der Waals surface area (Å²) < 4.78 is 5.53. The topological polar surface area (TPSA) is 65.4 Å². The molecule has 0 radical (unpaired) electrons. The number of carbonyl (C=O) groups excluding carboxylic acids is 1. The van der Waals surface area contributed by atoms with E-state index in [0.717, 1.165) is 67.1 Å². The fraction of sp³-hybridized carbons (Fsp3) is 0.455. The summed E-state index contributed by atoms with van der Waals surface area (Å²) in [6.07, 6.45) is 7.48. The molecule has 0 unspecified atom stereocenters. The second-order valence-corrected chi connectivity index (χ2v) is 8.53. The van der Waals surface area contributed by atoms with Crippen molar-refractivity contribution in [3.8, 4) is 11.8 Å². The van der Waals surface area contributed by atoms with E-state index >= 15 is 0 Å². The summed E-state index contributed by atoms with van der Waals surface area (Å²) in [7, 11) is 1.67. The molecule has 0 saturated carbocycles. The van der Waals surface area contributed by atoms with Gasteiger partial charge in [0.05, 0.1) is 24.9 Å². The van der Waals surface area contributed by atoms with Crippen LogP contribution in [0.4, 0.5) is 10.7 Å². The third-order valence-corrected chi connectivity index (χ3v) is 6.82. The van der Waals surface area contributed by atoms with Crippen molar-refractivity contribution in [3.05, 3.63) is 39.8 Å². The minimum absolute atomic E-state index is 0.0772. The Balaban J connectivity index is 1.53. The van der Waals surface area contributed by atoms with Gasteiger partial charge in [-0.3, -0.25) is 4.79 Å². The summed E-state index contributed by atoms with van der Waals surface area (Å²) in [5.74, 6) is 0.734. The molecule has 2 aliphatic rings. The smallest absolute Gasteiger partial charge is 0.244 e. The zero-order valence-electron chi connectivity index (χ0n) is 16.2. The van der Waals surface area contributed by atoms with Gasteiger partial charge in [0.15, 0.2) is 0 Å². The van der Waals surface area contributed by atoms with Gasteiger partial charge in [-0.25, -0.2) is 0 Å². The van der Waals surface area contributed by atoms with E-state index in [2.05, 4.69) is 22.4 Å². The zero-order chi connectivity index (χ0) is 19.5. The number of thiophene rings is 1. The van der Waals surface area contributed by atoms with E-state index in [1.165, 1.54) is 16.9 Å². The molecule has 1 aromatic carbocycles. The van der Waals surface area contributed by atoms with Gasteiger partial charge in [0.1, 0.15) is 16.8 Å². The van der Waals surface area contributed by atoms with Crippen LogP contribution in [0.25, 0.3) is 0 Å². The van der Waals surface area contributed by atoms with Gasteiger partial charge in [-0.15, -0.1) is 11.3 Å². The van der Waals surface area contributed by atoms with Crippen molar-refractivity contribution in [2.75, 3.05) is 30.4 Å². The summed E-state index contributed by atoms with van der Waals surface area (Å²) in [6.45, 7) is 1.09. The summed E-state index contributed by atoms with van der Waals surface area (Å²) in [5.41, 5.74) is 4.07. The molecule has 1 aliphatic heterocycles. The van der Waals surface area contributed by atoms with E-state index < -0.39 is 0 Å². The highest BCUT2D eigenvalue weighted by Gasteiger charge is 2.25. The number of nitrogens with zero attached hydrogens (tertiary/aromatic N) is 2. The minimum atomic E-state index is -0.0772. The van der Waals surface area contributed by atoms with Gasteiger partial charge in [-0.2, -0.15) is 5.26 Å². The molecule has 1 N–H and O–H groups in total. The molecule has 28 heavy (non-hydrogen) atoms. The first-order valence-electron chi connectivity index (χ1n) is 9.96. The van der Waals surface area contributed by atoms with Crippen LogP contribution in [-0.4, -0.2) is 26.1 Å². The van der Waals surface area contributed by atoms with E-state index in [1.54, 1.807) is 18.4 Å². The zero-order valence-corrected chi connectivity index (χ0v) is 17.0. The number of ether oxygens (including phenoxy) is 1. The van der Waals surface area contributed by atoms with Crippen molar-refractivity contribution in [2.24, 2.45) is 0 Å². The summed E-state index contributed by atoms with van der Waals surface area (Å²) in [4.78, 5) is 16.2. The normalized spacial score (nSPS) is 15.8. The third kappa shape index (κ3) is 3.59. The van der Waals surface area contributed by atoms with E-state index in [-0.39, 0.29) is 12.5 Å². The predicted octanol–water partition coefficient (Wildman–Crippen LogP) is 4.29. The van der Waals surface area contributed by atoms with E-state index in [4.69, 9.17) is 4.74 Å². The number of nitriles is 1. The molecule has 0 spiro atoms. The molecule has 1 aliphatic carbocycles. The van der Waals surface area contributed by atoms with Crippen LogP contribution in [0, 0.1) is 11.3 Å². The molecule has 0 saturated heterocycles. The van der Waals surface area contributed by atoms with Gasteiger partial charge in [0.2, 0.25) is 5.91 Å². The molecular weight excluding hydrogens is 370 g/mol. The number of hydrogen-bond acceptors (Lipinski definition) is 5. The van der Waals surface area contributed by atoms with Crippen LogP contribution in [0.2, 0.25) is 0 Å². The Morgan fingerprint density at radius 1 is 1.25 bits per heavy atom. The van der Waals surface area contributed by atoms with Crippen molar-refractivity contribution < 1.29 is 9.53 Å². The fourth-order valence-electron chi connectivity index (χ4n) is 4.31. The van der Waals surface area contributed by atoms with E-state index in [1.807, 2.05) is 12.1 Å². The Bertz CT molecular complexity index is 914. The van der Waals surface area contributed by atoms with Crippen LogP contribution in [0.5, 0.6) is 5.75 Å². The summed E-state index contributed by atoms with van der Waals surface area (Å²) in [5, 5.41) is 13.4. The lowest BCUT2D eigenvalue weighted by atomic mass is 10.0. The summed E-state index contributed by atoms with van der Waals surface area (Å²) in [6, 6.07) is 8.38. The Morgan fingerprint density at radius 2 is 2.11 bits per heavy atom. The number of amides is 1. The Kier molecular flexibility index (Phi) is 5.54. The Morgan fingerprint density at radius 3 is 2.93 bits per heavy atom. The molecule has 2 heterocycles. The molecule has 1 aromatic heterocycles. The van der Waals surface area contributed by atoms with Crippen molar-refractivity contribution in [3.63, 3.8) is 0 Å². The van der Waals surface area contributed by atoms with Crippen LogP contribution in [0.15, 0.2) is 18.2 Å². The first kappa shape index (κ1) is 18.8. The number of fused-ring (bicyclic) bond motifs is 2. The van der Waals surface area contributed by atoms with Gasteiger partial charge >= 0.3 is 0 Å². The van der Waals surface area contributed by atoms with Gasteiger partial charge in [-0.1, -0.05) is 18.6 Å². The molecule has 2 aromatic rings. The first-order chi connectivity index (χ1) is 13.7. The van der Waals surface area contributed by atoms with E-state index in [9.17, 15) is 10.1 Å². The number of nitrogens with one attached hydrogen (secondary N) is 1. The Hall–Kier alpha value is -2.52. The maximum Gasteiger partial charge on any atom is 0.244 e.